The minimum atomic E-state index is -0.214. The van der Waals surface area contributed by atoms with Crippen molar-refractivity contribution < 1.29 is 4.39 Å². The van der Waals surface area contributed by atoms with Crippen molar-refractivity contribution in [2.75, 3.05) is 19.6 Å². The van der Waals surface area contributed by atoms with Crippen molar-refractivity contribution in [3.05, 3.63) is 35.6 Å². The van der Waals surface area contributed by atoms with E-state index in [-0.39, 0.29) is 11.9 Å². The number of benzene rings is 1. The van der Waals surface area contributed by atoms with E-state index in [0.717, 1.165) is 25.2 Å². The molecule has 0 saturated heterocycles. The molecular formula is C12H19FN2. The molecule has 15 heavy (non-hydrogen) atoms. The molecule has 1 atom stereocenters. The Morgan fingerprint density at radius 1 is 1.20 bits per heavy atom. The van der Waals surface area contributed by atoms with Gasteiger partial charge in [-0.05, 0) is 30.8 Å². The predicted octanol–water partition coefficient (Wildman–Crippen LogP) is 2.17. The summed E-state index contributed by atoms with van der Waals surface area (Å²) in [6.07, 6.45) is 0. The van der Waals surface area contributed by atoms with E-state index in [4.69, 9.17) is 5.73 Å². The minimum absolute atomic E-state index is 0.0366. The van der Waals surface area contributed by atoms with E-state index in [2.05, 4.69) is 18.7 Å². The Morgan fingerprint density at radius 2 is 1.73 bits per heavy atom. The van der Waals surface area contributed by atoms with Crippen LogP contribution in [0, 0.1) is 5.82 Å². The number of hydrogen-bond acceptors (Lipinski definition) is 2. The van der Waals surface area contributed by atoms with E-state index in [1.165, 1.54) is 12.1 Å². The molecule has 2 N–H and O–H groups in total. The Bertz CT molecular complexity index is 280. The number of rotatable bonds is 5. The van der Waals surface area contributed by atoms with E-state index in [0.29, 0.717) is 0 Å². The zero-order valence-corrected chi connectivity index (χ0v) is 9.41. The summed E-state index contributed by atoms with van der Waals surface area (Å²) in [5.41, 5.74) is 7.02. The van der Waals surface area contributed by atoms with Gasteiger partial charge < -0.3 is 10.6 Å². The maximum Gasteiger partial charge on any atom is 0.123 e. The van der Waals surface area contributed by atoms with Gasteiger partial charge in [-0.1, -0.05) is 26.0 Å². The highest BCUT2D eigenvalue weighted by atomic mass is 19.1. The lowest BCUT2D eigenvalue weighted by molar-refractivity contribution is 0.284. The number of hydrogen-bond donors (Lipinski definition) is 1. The zero-order chi connectivity index (χ0) is 11.3. The summed E-state index contributed by atoms with van der Waals surface area (Å²) in [5, 5.41) is 0. The number of likely N-dealkylation sites (N-methyl/N-ethyl adjacent to an activating group) is 1. The molecular weight excluding hydrogens is 191 g/mol. The molecule has 0 aliphatic carbocycles. The fourth-order valence-corrected chi connectivity index (χ4v) is 1.58. The number of halogens is 1. The summed E-state index contributed by atoms with van der Waals surface area (Å²) < 4.78 is 12.7. The van der Waals surface area contributed by atoms with Crippen LogP contribution in [0.5, 0.6) is 0 Å². The van der Waals surface area contributed by atoms with Crippen molar-refractivity contribution in [1.82, 2.24) is 4.90 Å². The molecule has 1 unspecified atom stereocenters. The van der Waals surface area contributed by atoms with Gasteiger partial charge in [-0.3, -0.25) is 0 Å². The highest BCUT2D eigenvalue weighted by Crippen LogP contribution is 2.12. The fraction of sp³-hybridized carbons (Fsp3) is 0.500. The van der Waals surface area contributed by atoms with E-state index in [9.17, 15) is 4.39 Å². The Hall–Kier alpha value is -0.930. The van der Waals surface area contributed by atoms with Crippen LogP contribution in [0.25, 0.3) is 0 Å². The summed E-state index contributed by atoms with van der Waals surface area (Å²) in [4.78, 5) is 2.26. The van der Waals surface area contributed by atoms with Gasteiger partial charge in [0.05, 0.1) is 0 Å². The molecule has 0 spiro atoms. The van der Waals surface area contributed by atoms with Gasteiger partial charge in [-0.25, -0.2) is 4.39 Å². The van der Waals surface area contributed by atoms with E-state index in [1.54, 1.807) is 12.1 Å². The van der Waals surface area contributed by atoms with E-state index < -0.39 is 0 Å². The Balaban J connectivity index is 2.60. The third-order valence-corrected chi connectivity index (χ3v) is 2.65. The topological polar surface area (TPSA) is 29.3 Å². The Labute approximate surface area is 90.9 Å². The summed E-state index contributed by atoms with van der Waals surface area (Å²) in [5.74, 6) is -0.214. The maximum absolute atomic E-state index is 12.7. The van der Waals surface area contributed by atoms with E-state index >= 15 is 0 Å². The quantitative estimate of drug-likeness (QED) is 0.807. The normalized spacial score (nSPS) is 13.1. The summed E-state index contributed by atoms with van der Waals surface area (Å²) in [6, 6.07) is 6.38. The van der Waals surface area contributed by atoms with Crippen LogP contribution in [-0.4, -0.2) is 24.5 Å². The lowest BCUT2D eigenvalue weighted by Gasteiger charge is -2.22. The molecule has 1 aromatic rings. The van der Waals surface area contributed by atoms with Crippen LogP contribution in [0.4, 0.5) is 4.39 Å². The highest BCUT2D eigenvalue weighted by molar-refractivity contribution is 5.19. The van der Waals surface area contributed by atoms with Gasteiger partial charge >= 0.3 is 0 Å². The standard InChI is InChI=1S/C12H19FN2/c1-3-15(4-2)9-12(14)10-5-7-11(13)8-6-10/h5-8,12H,3-4,9,14H2,1-2H3. The van der Waals surface area contributed by atoms with Crippen LogP contribution in [0.2, 0.25) is 0 Å². The summed E-state index contributed by atoms with van der Waals surface area (Å²) >= 11 is 0. The van der Waals surface area contributed by atoms with Crippen LogP contribution < -0.4 is 5.73 Å². The second-order valence-corrected chi connectivity index (χ2v) is 3.64. The SMILES string of the molecule is CCN(CC)CC(N)c1ccc(F)cc1. The number of nitrogens with zero attached hydrogens (tertiary/aromatic N) is 1. The zero-order valence-electron chi connectivity index (χ0n) is 9.41. The molecule has 0 bridgehead atoms. The van der Waals surface area contributed by atoms with Crippen molar-refractivity contribution in [3.63, 3.8) is 0 Å². The van der Waals surface area contributed by atoms with Gasteiger partial charge in [-0.15, -0.1) is 0 Å². The monoisotopic (exact) mass is 210 g/mol. The first-order valence-corrected chi connectivity index (χ1v) is 5.40. The third-order valence-electron chi connectivity index (χ3n) is 2.65. The molecule has 0 aliphatic heterocycles. The Morgan fingerprint density at radius 3 is 2.20 bits per heavy atom. The van der Waals surface area contributed by atoms with Gasteiger partial charge in [0.15, 0.2) is 0 Å². The minimum Gasteiger partial charge on any atom is -0.323 e. The molecule has 84 valence electrons. The smallest absolute Gasteiger partial charge is 0.123 e. The molecule has 0 saturated carbocycles. The van der Waals surface area contributed by atoms with Gasteiger partial charge in [0, 0.05) is 12.6 Å². The third kappa shape index (κ3) is 3.61. The molecule has 0 amide bonds. The molecule has 2 nitrogen and oxygen atoms in total. The summed E-state index contributed by atoms with van der Waals surface area (Å²) in [6.45, 7) is 7.02. The van der Waals surface area contributed by atoms with Crippen LogP contribution in [0.15, 0.2) is 24.3 Å². The van der Waals surface area contributed by atoms with Crippen LogP contribution in [-0.2, 0) is 0 Å². The predicted molar refractivity (Wildman–Crippen MR) is 61.1 cm³/mol. The van der Waals surface area contributed by atoms with Crippen molar-refractivity contribution in [2.45, 2.75) is 19.9 Å². The second kappa shape index (κ2) is 5.83. The number of nitrogens with two attached hydrogens (primary N) is 1. The average Bonchev–Trinajstić information content (AvgIpc) is 2.26. The molecule has 0 aliphatic rings. The molecule has 0 aromatic heterocycles. The van der Waals surface area contributed by atoms with Crippen molar-refractivity contribution in [1.29, 1.82) is 0 Å². The van der Waals surface area contributed by atoms with Gasteiger partial charge in [0.2, 0.25) is 0 Å². The van der Waals surface area contributed by atoms with E-state index in [1.807, 2.05) is 0 Å². The first-order chi connectivity index (χ1) is 7.17. The van der Waals surface area contributed by atoms with Crippen LogP contribution >= 0.6 is 0 Å². The van der Waals surface area contributed by atoms with Gasteiger partial charge in [0.1, 0.15) is 5.82 Å². The van der Waals surface area contributed by atoms with Crippen LogP contribution in [0.3, 0.4) is 0 Å². The Kier molecular flexibility index (Phi) is 4.72. The van der Waals surface area contributed by atoms with Gasteiger partial charge in [0.25, 0.3) is 0 Å². The summed E-state index contributed by atoms with van der Waals surface area (Å²) in [7, 11) is 0. The first kappa shape index (κ1) is 12.1. The van der Waals surface area contributed by atoms with Crippen LogP contribution in [0.1, 0.15) is 25.5 Å². The lowest BCUT2D eigenvalue weighted by Crippen LogP contribution is -2.31. The maximum atomic E-state index is 12.7. The molecule has 0 fully saturated rings. The molecule has 0 radical (unpaired) electrons. The lowest BCUT2D eigenvalue weighted by atomic mass is 10.1. The average molecular weight is 210 g/mol. The fourth-order valence-electron chi connectivity index (χ4n) is 1.58. The molecule has 0 heterocycles. The van der Waals surface area contributed by atoms with Crippen molar-refractivity contribution in [3.8, 4) is 0 Å². The molecule has 3 heteroatoms. The molecule has 1 rings (SSSR count). The largest absolute Gasteiger partial charge is 0.323 e. The first-order valence-electron chi connectivity index (χ1n) is 5.40. The second-order valence-electron chi connectivity index (χ2n) is 3.64. The van der Waals surface area contributed by atoms with Crippen molar-refractivity contribution >= 4 is 0 Å². The highest BCUT2D eigenvalue weighted by Gasteiger charge is 2.09. The van der Waals surface area contributed by atoms with Gasteiger partial charge in [-0.2, -0.15) is 0 Å². The molecule has 1 aromatic carbocycles. The van der Waals surface area contributed by atoms with Crippen molar-refractivity contribution in [2.24, 2.45) is 5.73 Å².